The van der Waals surface area contributed by atoms with Crippen molar-refractivity contribution in [1.29, 1.82) is 0 Å². The second-order valence-electron chi connectivity index (χ2n) is 15.3. The van der Waals surface area contributed by atoms with Gasteiger partial charge in [0.05, 0.1) is 25.4 Å². The van der Waals surface area contributed by atoms with E-state index >= 15 is 0 Å². The quantitative estimate of drug-likeness (QED) is 0.0264. The molecule has 0 spiro atoms. The molecule has 1 heterocycles. The number of hydrogen-bond acceptors (Lipinski definition) is 9. The first kappa shape index (κ1) is 48.9. The van der Waals surface area contributed by atoms with Crippen molar-refractivity contribution < 1.29 is 44.9 Å². The van der Waals surface area contributed by atoms with Crippen LogP contribution < -0.4 is 5.32 Å². The zero-order valence-corrected chi connectivity index (χ0v) is 33.2. The maximum atomic E-state index is 13.0. The molecular weight excluding hydrogens is 662 g/mol. The Morgan fingerprint density at radius 1 is 0.654 bits per heavy atom. The highest BCUT2D eigenvalue weighted by atomic mass is 16.7. The normalized spacial score (nSPS) is 22.5. The van der Waals surface area contributed by atoms with E-state index in [0.29, 0.717) is 6.42 Å². The number of nitrogens with one attached hydrogen (secondary N) is 1. The molecule has 0 aliphatic carbocycles. The minimum atomic E-state index is -1.60. The van der Waals surface area contributed by atoms with Gasteiger partial charge in [0.2, 0.25) is 5.91 Å². The first-order chi connectivity index (χ1) is 25.3. The molecule has 308 valence electrons. The van der Waals surface area contributed by atoms with Gasteiger partial charge in [-0.25, -0.2) is 0 Å². The zero-order chi connectivity index (χ0) is 38.2. The van der Waals surface area contributed by atoms with Crippen LogP contribution in [0.25, 0.3) is 0 Å². The molecule has 0 aromatic rings. The molecule has 8 atom stereocenters. The van der Waals surface area contributed by atoms with E-state index in [2.05, 4.69) is 19.2 Å². The van der Waals surface area contributed by atoms with Crippen molar-refractivity contribution in [2.75, 3.05) is 13.2 Å². The number of aliphatic hydroxyl groups excluding tert-OH is 6. The third-order valence-electron chi connectivity index (χ3n) is 10.5. The molecular formula is C42H81NO9. The average Bonchev–Trinajstić information content (AvgIpc) is 3.14. The van der Waals surface area contributed by atoms with Crippen molar-refractivity contribution in [2.24, 2.45) is 0 Å². The van der Waals surface area contributed by atoms with Gasteiger partial charge in [-0.05, 0) is 19.3 Å². The van der Waals surface area contributed by atoms with Crippen LogP contribution in [0.15, 0.2) is 12.2 Å². The summed E-state index contributed by atoms with van der Waals surface area (Å²) in [5.74, 6) is -0.617. The van der Waals surface area contributed by atoms with E-state index in [1.165, 1.54) is 122 Å². The number of amides is 1. The summed E-state index contributed by atoms with van der Waals surface area (Å²) in [7, 11) is 0. The minimum absolute atomic E-state index is 0.302. The second kappa shape index (κ2) is 33.2. The van der Waals surface area contributed by atoms with Crippen molar-refractivity contribution >= 4 is 5.91 Å². The molecule has 3 unspecified atom stereocenters. The Hall–Kier alpha value is -1.11. The molecule has 0 saturated carbocycles. The monoisotopic (exact) mass is 744 g/mol. The summed E-state index contributed by atoms with van der Waals surface area (Å²) in [5.41, 5.74) is 0. The van der Waals surface area contributed by atoms with Gasteiger partial charge in [-0.1, -0.05) is 180 Å². The number of aliphatic hydroxyl groups is 6. The van der Waals surface area contributed by atoms with Crippen molar-refractivity contribution in [3.63, 3.8) is 0 Å². The number of carbonyl (C=O) groups is 1. The number of ether oxygens (including phenoxy) is 2. The Bertz CT molecular complexity index is 844. The van der Waals surface area contributed by atoms with Crippen LogP contribution >= 0.6 is 0 Å². The van der Waals surface area contributed by atoms with Gasteiger partial charge < -0.3 is 45.4 Å². The molecule has 0 bridgehead atoms. The molecule has 10 nitrogen and oxygen atoms in total. The summed E-state index contributed by atoms with van der Waals surface area (Å²) in [6, 6.07) is -0.972. The van der Waals surface area contributed by atoms with Crippen LogP contribution in [0.2, 0.25) is 0 Å². The summed E-state index contributed by atoms with van der Waals surface area (Å²) in [4.78, 5) is 13.0. The molecule has 1 fully saturated rings. The predicted octanol–water partition coefficient (Wildman–Crippen LogP) is 7.14. The fourth-order valence-electron chi connectivity index (χ4n) is 6.87. The SMILES string of the molecule is CCCCCCCCC/C=C/[C@@H](O)[C@H](CO[C@@H]1O[C@H](CO)[C@@H](O)C(O)C1O)NC(=O)C(O)CCCCCCCCCCCCCCCCCCCC. The van der Waals surface area contributed by atoms with Gasteiger partial charge >= 0.3 is 0 Å². The first-order valence-electron chi connectivity index (χ1n) is 21.5. The van der Waals surface area contributed by atoms with Crippen molar-refractivity contribution in [2.45, 2.75) is 236 Å². The Kier molecular flexibility index (Phi) is 31.3. The molecule has 10 heteroatoms. The summed E-state index contributed by atoms with van der Waals surface area (Å²) in [6.45, 7) is 3.57. The fourth-order valence-corrected chi connectivity index (χ4v) is 6.87. The number of hydrogen-bond donors (Lipinski definition) is 7. The lowest BCUT2D eigenvalue weighted by Crippen LogP contribution is -2.60. The molecule has 1 amide bonds. The number of unbranched alkanes of at least 4 members (excludes halogenated alkanes) is 24. The molecule has 1 aliphatic rings. The lowest BCUT2D eigenvalue weighted by Gasteiger charge is -2.40. The lowest BCUT2D eigenvalue weighted by molar-refractivity contribution is -0.302. The van der Waals surface area contributed by atoms with E-state index in [0.717, 1.165) is 44.9 Å². The van der Waals surface area contributed by atoms with Crippen LogP contribution in [0.1, 0.15) is 187 Å². The largest absolute Gasteiger partial charge is 0.394 e. The van der Waals surface area contributed by atoms with Crippen LogP contribution in [-0.4, -0.2) is 98.7 Å². The van der Waals surface area contributed by atoms with Gasteiger partial charge in [-0.15, -0.1) is 0 Å². The van der Waals surface area contributed by atoms with Gasteiger partial charge in [-0.2, -0.15) is 0 Å². The van der Waals surface area contributed by atoms with Gasteiger partial charge in [0.1, 0.15) is 30.5 Å². The van der Waals surface area contributed by atoms with Crippen LogP contribution in [0, 0.1) is 0 Å². The summed E-state index contributed by atoms with van der Waals surface area (Å²) in [6.07, 6.45) is 26.0. The summed E-state index contributed by atoms with van der Waals surface area (Å²) >= 11 is 0. The number of carbonyl (C=O) groups excluding carboxylic acids is 1. The van der Waals surface area contributed by atoms with Gasteiger partial charge in [-0.3, -0.25) is 4.79 Å². The van der Waals surface area contributed by atoms with E-state index in [4.69, 9.17) is 9.47 Å². The molecule has 0 radical (unpaired) electrons. The summed E-state index contributed by atoms with van der Waals surface area (Å²) < 4.78 is 11.1. The van der Waals surface area contributed by atoms with Gasteiger partial charge in [0.15, 0.2) is 6.29 Å². The van der Waals surface area contributed by atoms with Crippen LogP contribution in [0.3, 0.4) is 0 Å². The predicted molar refractivity (Wildman–Crippen MR) is 209 cm³/mol. The van der Waals surface area contributed by atoms with E-state index in [-0.39, 0.29) is 6.61 Å². The topological polar surface area (TPSA) is 169 Å². The van der Waals surface area contributed by atoms with E-state index < -0.39 is 61.5 Å². The molecule has 1 saturated heterocycles. The molecule has 7 N–H and O–H groups in total. The van der Waals surface area contributed by atoms with Gasteiger partial charge in [0.25, 0.3) is 0 Å². The smallest absolute Gasteiger partial charge is 0.249 e. The zero-order valence-electron chi connectivity index (χ0n) is 33.2. The highest BCUT2D eigenvalue weighted by Gasteiger charge is 2.44. The summed E-state index contributed by atoms with van der Waals surface area (Å²) in [5, 5.41) is 64.3. The highest BCUT2D eigenvalue weighted by Crippen LogP contribution is 2.23. The lowest BCUT2D eigenvalue weighted by atomic mass is 9.99. The van der Waals surface area contributed by atoms with E-state index in [9.17, 15) is 35.4 Å². The molecule has 0 aromatic carbocycles. The Morgan fingerprint density at radius 3 is 1.56 bits per heavy atom. The minimum Gasteiger partial charge on any atom is -0.394 e. The first-order valence-corrected chi connectivity index (χ1v) is 21.5. The average molecular weight is 744 g/mol. The third kappa shape index (κ3) is 23.6. The Morgan fingerprint density at radius 2 is 1.10 bits per heavy atom. The fraction of sp³-hybridized carbons (Fsp3) is 0.929. The maximum Gasteiger partial charge on any atom is 0.249 e. The van der Waals surface area contributed by atoms with E-state index in [1.54, 1.807) is 6.08 Å². The maximum absolute atomic E-state index is 13.0. The number of rotatable bonds is 35. The van der Waals surface area contributed by atoms with Crippen molar-refractivity contribution in [3.8, 4) is 0 Å². The Balaban J connectivity index is 2.37. The number of allylic oxidation sites excluding steroid dienone is 1. The standard InChI is InChI=1S/C42H81NO9/c1-3-5-7-9-11-13-14-15-16-17-18-19-20-21-23-25-27-29-31-36(46)41(50)43-34(35(45)30-28-26-24-22-12-10-8-6-4-2)33-51-42-40(49)39(48)38(47)37(32-44)52-42/h28,30,34-40,42,44-49H,3-27,29,31-33H2,1-2H3,(H,43,50)/b30-28+/t34-,35+,36?,37+,38+,39?,40?,42+/m0/s1. The van der Waals surface area contributed by atoms with Crippen molar-refractivity contribution in [1.82, 2.24) is 5.32 Å². The third-order valence-corrected chi connectivity index (χ3v) is 10.5. The van der Waals surface area contributed by atoms with Crippen LogP contribution in [0.5, 0.6) is 0 Å². The highest BCUT2D eigenvalue weighted by molar-refractivity contribution is 5.80. The Labute approximate surface area is 317 Å². The molecule has 52 heavy (non-hydrogen) atoms. The van der Waals surface area contributed by atoms with Gasteiger partial charge in [0, 0.05) is 0 Å². The molecule has 1 aliphatic heterocycles. The van der Waals surface area contributed by atoms with Crippen LogP contribution in [-0.2, 0) is 14.3 Å². The second-order valence-corrected chi connectivity index (χ2v) is 15.3. The van der Waals surface area contributed by atoms with Crippen LogP contribution in [0.4, 0.5) is 0 Å². The van der Waals surface area contributed by atoms with E-state index in [1.807, 2.05) is 6.08 Å². The molecule has 1 rings (SSSR count). The molecule has 0 aromatic heterocycles. The van der Waals surface area contributed by atoms with Crippen molar-refractivity contribution in [3.05, 3.63) is 12.2 Å².